The van der Waals surface area contributed by atoms with Gasteiger partial charge in [-0.2, -0.15) is 0 Å². The Morgan fingerprint density at radius 2 is 2.19 bits per heavy atom. The van der Waals surface area contributed by atoms with Gasteiger partial charge in [0, 0.05) is 29.5 Å². The molecule has 0 radical (unpaired) electrons. The number of nitrogens with zero attached hydrogens (tertiary/aromatic N) is 2. The third-order valence-corrected chi connectivity index (χ3v) is 4.84. The lowest BCUT2D eigenvalue weighted by Gasteiger charge is -2.48. The van der Waals surface area contributed by atoms with Crippen LogP contribution in [0.4, 0.5) is 5.82 Å². The van der Waals surface area contributed by atoms with Crippen molar-refractivity contribution in [2.45, 2.75) is 70.0 Å². The van der Waals surface area contributed by atoms with Crippen LogP contribution in [0.2, 0.25) is 0 Å². The molecule has 1 aliphatic carbocycles. The van der Waals surface area contributed by atoms with Crippen molar-refractivity contribution in [2.75, 3.05) is 11.9 Å². The molecule has 5 nitrogen and oxygen atoms in total. The summed E-state index contributed by atoms with van der Waals surface area (Å²) in [5.41, 5.74) is 0.0826. The number of aromatic nitrogens is 2. The van der Waals surface area contributed by atoms with E-state index in [9.17, 15) is 4.79 Å². The van der Waals surface area contributed by atoms with Crippen LogP contribution in [0.5, 0.6) is 0 Å². The molecule has 2 fully saturated rings. The molecule has 2 aliphatic rings. The molecule has 1 saturated carbocycles. The molecule has 116 valence electrons. The van der Waals surface area contributed by atoms with Crippen molar-refractivity contribution in [3.8, 4) is 0 Å². The minimum atomic E-state index is -0.222. The molecule has 3 rings (SSSR count). The molecule has 1 unspecified atom stereocenters. The van der Waals surface area contributed by atoms with Crippen LogP contribution in [0.3, 0.4) is 0 Å². The minimum absolute atomic E-state index is 0.0220. The first-order valence-corrected chi connectivity index (χ1v) is 7.99. The van der Waals surface area contributed by atoms with Gasteiger partial charge in [0.1, 0.15) is 0 Å². The van der Waals surface area contributed by atoms with E-state index in [1.54, 1.807) is 17.0 Å². The van der Waals surface area contributed by atoms with Gasteiger partial charge in [0.05, 0.1) is 0 Å². The fourth-order valence-corrected chi connectivity index (χ4v) is 3.50. The largest absolute Gasteiger partial charge is 0.363 e. The zero-order valence-electron chi connectivity index (χ0n) is 13.3. The third-order valence-electron chi connectivity index (χ3n) is 4.84. The van der Waals surface area contributed by atoms with Crippen LogP contribution in [-0.2, 0) is 5.54 Å². The normalized spacial score (nSPS) is 24.6. The number of hydrogen-bond acceptors (Lipinski definition) is 4. The molecular weight excluding hydrogens is 264 g/mol. The van der Waals surface area contributed by atoms with Crippen molar-refractivity contribution in [1.29, 1.82) is 0 Å². The molecule has 1 aromatic heterocycles. The van der Waals surface area contributed by atoms with Crippen molar-refractivity contribution in [2.24, 2.45) is 0 Å². The van der Waals surface area contributed by atoms with Gasteiger partial charge in [-0.3, -0.25) is 4.79 Å². The Hall–Kier alpha value is -1.36. The molecule has 5 heteroatoms. The van der Waals surface area contributed by atoms with Crippen LogP contribution in [0.1, 0.15) is 52.9 Å². The molecule has 0 amide bonds. The Kier molecular flexibility index (Phi) is 3.56. The van der Waals surface area contributed by atoms with Gasteiger partial charge < -0.3 is 15.2 Å². The molecule has 0 aromatic carbocycles. The monoisotopic (exact) mass is 290 g/mol. The van der Waals surface area contributed by atoms with E-state index in [0.29, 0.717) is 17.4 Å². The van der Waals surface area contributed by atoms with E-state index in [4.69, 9.17) is 0 Å². The molecule has 1 spiro atoms. The van der Waals surface area contributed by atoms with Gasteiger partial charge in [0.2, 0.25) is 0 Å². The Morgan fingerprint density at radius 1 is 1.43 bits per heavy atom. The minimum Gasteiger partial charge on any atom is -0.363 e. The molecule has 21 heavy (non-hydrogen) atoms. The second-order valence-corrected chi connectivity index (χ2v) is 7.52. The summed E-state index contributed by atoms with van der Waals surface area (Å²) in [5.74, 6) is 0.494. The van der Waals surface area contributed by atoms with Crippen LogP contribution in [-0.4, -0.2) is 27.7 Å². The summed E-state index contributed by atoms with van der Waals surface area (Å²) < 4.78 is 1.75. The number of anilines is 1. The van der Waals surface area contributed by atoms with Crippen molar-refractivity contribution < 1.29 is 0 Å². The number of piperidine rings is 1. The highest BCUT2D eigenvalue weighted by Crippen LogP contribution is 2.38. The predicted molar refractivity (Wildman–Crippen MR) is 84.7 cm³/mol. The topological polar surface area (TPSA) is 59.0 Å². The number of nitrogens with one attached hydrogen (secondary N) is 2. The fourth-order valence-electron chi connectivity index (χ4n) is 3.50. The molecule has 1 aromatic rings. The van der Waals surface area contributed by atoms with Gasteiger partial charge in [-0.05, 0) is 59.4 Å². The van der Waals surface area contributed by atoms with Gasteiger partial charge in [0.25, 0.3) is 5.56 Å². The number of hydrogen-bond donors (Lipinski definition) is 2. The third kappa shape index (κ3) is 2.84. The van der Waals surface area contributed by atoms with E-state index in [-0.39, 0.29) is 11.1 Å². The molecule has 2 heterocycles. The first kappa shape index (κ1) is 14.6. The first-order chi connectivity index (χ1) is 9.90. The highest BCUT2D eigenvalue weighted by atomic mass is 16.1. The van der Waals surface area contributed by atoms with Crippen LogP contribution < -0.4 is 16.2 Å². The van der Waals surface area contributed by atoms with Gasteiger partial charge in [-0.15, -0.1) is 0 Å². The van der Waals surface area contributed by atoms with E-state index in [2.05, 4.69) is 15.6 Å². The molecule has 0 bridgehead atoms. The number of rotatable bonds is 2. The average Bonchev–Trinajstić information content (AvgIpc) is 2.38. The quantitative estimate of drug-likeness (QED) is 0.875. The molecule has 1 aliphatic heterocycles. The SMILES string of the molecule is CC(C)(C)n1ccnc(NC2CCNC3(CCC3)C2)c1=O. The van der Waals surface area contributed by atoms with Gasteiger partial charge >= 0.3 is 0 Å². The van der Waals surface area contributed by atoms with Crippen LogP contribution in [0.25, 0.3) is 0 Å². The maximum atomic E-state index is 12.6. The van der Waals surface area contributed by atoms with Gasteiger partial charge in [0.15, 0.2) is 5.82 Å². The van der Waals surface area contributed by atoms with E-state index < -0.39 is 0 Å². The van der Waals surface area contributed by atoms with Gasteiger partial charge in [-0.1, -0.05) is 0 Å². The lowest BCUT2D eigenvalue weighted by atomic mass is 9.70. The standard InChI is InChI=1S/C16H26N4O/c1-15(2,3)20-10-9-17-13(14(20)21)19-12-5-8-18-16(11-12)6-4-7-16/h9-10,12,18H,4-8,11H2,1-3H3,(H,17,19). The zero-order valence-corrected chi connectivity index (χ0v) is 13.3. The molecular formula is C16H26N4O. The Morgan fingerprint density at radius 3 is 2.81 bits per heavy atom. The summed E-state index contributed by atoms with van der Waals surface area (Å²) in [5, 5.41) is 7.05. The average molecular weight is 290 g/mol. The second kappa shape index (κ2) is 5.13. The zero-order chi connectivity index (χ0) is 15.1. The smallest absolute Gasteiger partial charge is 0.293 e. The van der Waals surface area contributed by atoms with E-state index in [1.165, 1.54) is 19.3 Å². The van der Waals surface area contributed by atoms with Crippen molar-refractivity contribution in [3.63, 3.8) is 0 Å². The predicted octanol–water partition coefficient (Wildman–Crippen LogP) is 2.08. The summed E-state index contributed by atoms with van der Waals surface area (Å²) in [7, 11) is 0. The van der Waals surface area contributed by atoms with Crippen molar-refractivity contribution in [3.05, 3.63) is 22.7 Å². The van der Waals surface area contributed by atoms with Gasteiger partial charge in [-0.25, -0.2) is 4.98 Å². The fraction of sp³-hybridized carbons (Fsp3) is 0.750. The van der Waals surface area contributed by atoms with E-state index in [1.807, 2.05) is 20.8 Å². The van der Waals surface area contributed by atoms with Crippen molar-refractivity contribution >= 4 is 5.82 Å². The molecule has 1 atom stereocenters. The van der Waals surface area contributed by atoms with Crippen LogP contribution in [0.15, 0.2) is 17.2 Å². The van der Waals surface area contributed by atoms with E-state index in [0.717, 1.165) is 19.4 Å². The summed E-state index contributed by atoms with van der Waals surface area (Å²) in [6, 6.07) is 0.350. The highest BCUT2D eigenvalue weighted by molar-refractivity contribution is 5.33. The lowest BCUT2D eigenvalue weighted by molar-refractivity contribution is 0.135. The Labute approximate surface area is 126 Å². The summed E-state index contributed by atoms with van der Waals surface area (Å²) in [6.45, 7) is 7.13. The molecule has 2 N–H and O–H groups in total. The summed E-state index contributed by atoms with van der Waals surface area (Å²) in [6.07, 6.45) is 9.48. The Bertz CT molecular complexity index is 568. The van der Waals surface area contributed by atoms with Crippen molar-refractivity contribution in [1.82, 2.24) is 14.9 Å². The summed E-state index contributed by atoms with van der Waals surface area (Å²) in [4.78, 5) is 16.8. The maximum absolute atomic E-state index is 12.6. The lowest BCUT2D eigenvalue weighted by Crippen LogP contribution is -2.58. The molecule has 1 saturated heterocycles. The Balaban J connectivity index is 1.77. The second-order valence-electron chi connectivity index (χ2n) is 7.52. The van der Waals surface area contributed by atoms with Crippen LogP contribution >= 0.6 is 0 Å². The van der Waals surface area contributed by atoms with E-state index >= 15 is 0 Å². The first-order valence-electron chi connectivity index (χ1n) is 7.99. The summed E-state index contributed by atoms with van der Waals surface area (Å²) >= 11 is 0. The van der Waals surface area contributed by atoms with Crippen LogP contribution in [0, 0.1) is 0 Å². The highest BCUT2D eigenvalue weighted by Gasteiger charge is 2.41. The maximum Gasteiger partial charge on any atom is 0.293 e.